The van der Waals surface area contributed by atoms with E-state index in [0.29, 0.717) is 23.6 Å². The molecule has 0 bridgehead atoms. The minimum Gasteiger partial charge on any atom is -0.391 e. The molecular formula is C14H22Cl2N3O13P3. The lowest BCUT2D eigenvalue weighted by Gasteiger charge is -2.20. The van der Waals surface area contributed by atoms with Crippen molar-refractivity contribution >= 4 is 57.7 Å². The number of rotatable bonds is 1. The number of terminal acetylenes is 1. The van der Waals surface area contributed by atoms with Gasteiger partial charge in [0, 0.05) is 12.2 Å². The number of nitrogens with zero attached hydrogens (tertiary/aromatic N) is 3. The van der Waals surface area contributed by atoms with Gasteiger partial charge in [0.15, 0.2) is 0 Å². The van der Waals surface area contributed by atoms with Crippen molar-refractivity contribution in [2.45, 2.75) is 31.9 Å². The van der Waals surface area contributed by atoms with Gasteiger partial charge in [0.2, 0.25) is 5.28 Å². The molecule has 1 saturated carbocycles. The smallest absolute Gasteiger partial charge is 0.391 e. The van der Waals surface area contributed by atoms with Crippen LogP contribution in [-0.4, -0.2) is 69.8 Å². The zero-order chi connectivity index (χ0) is 28.0. The number of hydrogen-bond donors (Lipinski definition) is 10. The van der Waals surface area contributed by atoms with Crippen LogP contribution in [0.15, 0.2) is 12.3 Å². The number of aromatic nitrogens is 3. The average molecular weight is 604 g/mol. The quantitative estimate of drug-likeness (QED) is 0.0906. The predicted octanol–water partition coefficient (Wildman–Crippen LogP) is 0.288. The van der Waals surface area contributed by atoms with Crippen molar-refractivity contribution in [2.24, 2.45) is 5.41 Å². The minimum atomic E-state index is -4.64. The van der Waals surface area contributed by atoms with Gasteiger partial charge in [0.25, 0.3) is 0 Å². The van der Waals surface area contributed by atoms with E-state index in [0.717, 1.165) is 5.39 Å². The number of phosphoric acid groups is 3. The molecule has 1 fully saturated rings. The van der Waals surface area contributed by atoms with Crippen molar-refractivity contribution in [1.29, 1.82) is 0 Å². The highest BCUT2D eigenvalue weighted by atomic mass is 35.5. The third-order valence-corrected chi connectivity index (χ3v) is 4.57. The number of aliphatic hydroxyl groups excluding tert-OH is 1. The average Bonchev–Trinajstić information content (AvgIpc) is 3.12. The van der Waals surface area contributed by atoms with Gasteiger partial charge in [-0.2, -0.15) is 4.98 Å². The molecule has 3 rings (SSSR count). The molecule has 3 atom stereocenters. The number of halogens is 2. The molecule has 35 heavy (non-hydrogen) atoms. The number of hydrogen-bond acceptors (Lipinski definition) is 6. The second-order valence-corrected chi connectivity index (χ2v) is 10.7. The molecule has 16 nitrogen and oxygen atoms in total. The van der Waals surface area contributed by atoms with Crippen molar-refractivity contribution in [2.75, 3.05) is 0 Å². The van der Waals surface area contributed by atoms with E-state index in [-0.39, 0.29) is 11.3 Å². The molecule has 0 radical (unpaired) electrons. The van der Waals surface area contributed by atoms with Gasteiger partial charge in [0.05, 0.1) is 16.9 Å². The Bertz CT molecular complexity index is 1110. The molecular weight excluding hydrogens is 582 g/mol. The molecule has 10 N–H and O–H groups in total. The van der Waals surface area contributed by atoms with Gasteiger partial charge < -0.3 is 53.7 Å². The SMILES string of the molecule is C#C[C@]1(C)C[C@@H](n2ccc3c(Cl)nc(Cl)nc32)C[C@@H]1O.O=P(O)(O)O.O=P(O)(O)O.O=P(O)(O)O. The summed E-state index contributed by atoms with van der Waals surface area (Å²) in [6, 6.07) is 1.93. The summed E-state index contributed by atoms with van der Waals surface area (Å²) in [5, 5.41) is 11.4. The van der Waals surface area contributed by atoms with Gasteiger partial charge in [-0.15, -0.1) is 6.42 Å². The standard InChI is InChI=1S/C14H13Cl2N3O.3H3O4P/c1-3-14(2)7-8(6-10(14)20)19-5-4-9-11(15)17-13(16)18-12(9)19;3*1-5(2,3)4/h1,4-5,8,10,20H,6-7H2,2H3;3*(H3,1,2,3,4)/t8-,10-,14+;;;/m0.../s1. The maximum absolute atomic E-state index is 10.2. The monoisotopic (exact) mass is 603 g/mol. The van der Waals surface area contributed by atoms with E-state index in [1.165, 1.54) is 0 Å². The molecule has 200 valence electrons. The van der Waals surface area contributed by atoms with Crippen LogP contribution < -0.4 is 0 Å². The summed E-state index contributed by atoms with van der Waals surface area (Å²) in [4.78, 5) is 72.9. The van der Waals surface area contributed by atoms with Crippen LogP contribution in [0.1, 0.15) is 25.8 Å². The van der Waals surface area contributed by atoms with Gasteiger partial charge in [0.1, 0.15) is 10.8 Å². The zero-order valence-electron chi connectivity index (χ0n) is 17.4. The second-order valence-electron chi connectivity index (χ2n) is 6.95. The van der Waals surface area contributed by atoms with Gasteiger partial charge in [-0.3, -0.25) is 0 Å². The van der Waals surface area contributed by atoms with Crippen molar-refractivity contribution in [3.05, 3.63) is 22.7 Å². The first-order valence-corrected chi connectivity index (χ1v) is 14.1. The molecule has 2 heterocycles. The van der Waals surface area contributed by atoms with Crippen LogP contribution in [0, 0.1) is 17.8 Å². The Morgan fingerprint density at radius 3 is 1.80 bits per heavy atom. The molecule has 0 amide bonds. The maximum atomic E-state index is 10.2. The van der Waals surface area contributed by atoms with E-state index in [9.17, 15) is 5.11 Å². The van der Waals surface area contributed by atoms with E-state index in [1.807, 2.05) is 23.8 Å². The number of aliphatic hydroxyl groups is 1. The number of fused-ring (bicyclic) bond motifs is 1. The fraction of sp³-hybridized carbons (Fsp3) is 0.429. The zero-order valence-corrected chi connectivity index (χ0v) is 21.6. The predicted molar refractivity (Wildman–Crippen MR) is 122 cm³/mol. The first-order chi connectivity index (χ1) is 15.4. The molecule has 0 aliphatic heterocycles. The van der Waals surface area contributed by atoms with Gasteiger partial charge >= 0.3 is 23.5 Å². The third-order valence-electron chi connectivity index (χ3n) is 4.11. The van der Waals surface area contributed by atoms with Crippen LogP contribution in [0.25, 0.3) is 11.0 Å². The molecule has 1 aliphatic carbocycles. The molecule has 0 unspecified atom stereocenters. The fourth-order valence-corrected chi connectivity index (χ4v) is 3.30. The van der Waals surface area contributed by atoms with Crippen LogP contribution in [0.2, 0.25) is 10.4 Å². The van der Waals surface area contributed by atoms with Gasteiger partial charge in [-0.1, -0.05) is 17.5 Å². The molecule has 2 aromatic heterocycles. The lowest BCUT2D eigenvalue weighted by atomic mass is 9.88. The maximum Gasteiger partial charge on any atom is 0.466 e. The topological polar surface area (TPSA) is 284 Å². The highest BCUT2D eigenvalue weighted by Crippen LogP contribution is 2.45. The Balaban J connectivity index is 0.000000635. The van der Waals surface area contributed by atoms with Gasteiger partial charge in [-0.05, 0) is 37.4 Å². The first-order valence-electron chi connectivity index (χ1n) is 8.65. The third kappa shape index (κ3) is 15.0. The van der Waals surface area contributed by atoms with Crippen LogP contribution >= 0.6 is 46.7 Å². The summed E-state index contributed by atoms with van der Waals surface area (Å²) in [5.41, 5.74) is 0.162. The van der Waals surface area contributed by atoms with E-state index in [1.54, 1.807) is 0 Å². The van der Waals surface area contributed by atoms with E-state index >= 15 is 0 Å². The lowest BCUT2D eigenvalue weighted by Crippen LogP contribution is -2.23. The van der Waals surface area contributed by atoms with Crippen molar-refractivity contribution in [3.8, 4) is 12.3 Å². The van der Waals surface area contributed by atoms with Crippen molar-refractivity contribution in [3.63, 3.8) is 0 Å². The van der Waals surface area contributed by atoms with Crippen molar-refractivity contribution in [1.82, 2.24) is 14.5 Å². The Kier molecular flexibility index (Phi) is 12.7. The summed E-state index contributed by atoms with van der Waals surface area (Å²) in [6.07, 6.45) is 8.19. The Hall–Kier alpha value is -0.950. The summed E-state index contributed by atoms with van der Waals surface area (Å²) in [5.74, 6) is 2.70. The molecule has 21 heteroatoms. The molecule has 1 aliphatic rings. The molecule has 0 spiro atoms. The van der Waals surface area contributed by atoms with E-state index in [2.05, 4.69) is 15.9 Å². The van der Waals surface area contributed by atoms with Crippen LogP contribution in [0.5, 0.6) is 0 Å². The fourth-order valence-electron chi connectivity index (χ4n) is 2.86. The normalized spacial score (nSPS) is 22.1. The second kappa shape index (κ2) is 13.0. The van der Waals surface area contributed by atoms with Crippen LogP contribution in [0.4, 0.5) is 0 Å². The summed E-state index contributed by atoms with van der Waals surface area (Å²) in [7, 11) is -13.9. The highest BCUT2D eigenvalue weighted by molar-refractivity contribution is 7.45. The Morgan fingerprint density at radius 2 is 1.43 bits per heavy atom. The van der Waals surface area contributed by atoms with Crippen LogP contribution in [-0.2, 0) is 13.7 Å². The van der Waals surface area contributed by atoms with Crippen LogP contribution in [0.3, 0.4) is 0 Å². The lowest BCUT2D eigenvalue weighted by molar-refractivity contribution is 0.104. The van der Waals surface area contributed by atoms with Crippen molar-refractivity contribution < 1.29 is 62.8 Å². The molecule has 0 aromatic carbocycles. The Labute approximate surface area is 207 Å². The molecule has 0 saturated heterocycles. The summed E-state index contributed by atoms with van der Waals surface area (Å²) < 4.78 is 28.6. The van der Waals surface area contributed by atoms with E-state index in [4.69, 9.17) is 87.4 Å². The minimum absolute atomic E-state index is 0.0746. The summed E-state index contributed by atoms with van der Waals surface area (Å²) >= 11 is 11.9. The molecule has 2 aromatic rings. The van der Waals surface area contributed by atoms with E-state index < -0.39 is 35.0 Å². The first kappa shape index (κ1) is 34.0. The largest absolute Gasteiger partial charge is 0.466 e. The highest BCUT2D eigenvalue weighted by Gasteiger charge is 2.42. The van der Waals surface area contributed by atoms with Gasteiger partial charge in [-0.25, -0.2) is 18.7 Å². The Morgan fingerprint density at radius 1 is 1.00 bits per heavy atom. The summed E-state index contributed by atoms with van der Waals surface area (Å²) in [6.45, 7) is 1.90.